The van der Waals surface area contributed by atoms with Crippen LogP contribution in [0.2, 0.25) is 0 Å². The summed E-state index contributed by atoms with van der Waals surface area (Å²) in [4.78, 5) is 27.1. The molecule has 0 heterocycles. The van der Waals surface area contributed by atoms with Crippen LogP contribution in [0.25, 0.3) is 10.8 Å². The lowest BCUT2D eigenvalue weighted by atomic mass is 10.0. The fraction of sp³-hybridized carbons (Fsp3) is 0.217. The third kappa shape index (κ3) is 4.66. The maximum atomic E-state index is 13.0. The number of carbonyl (C=O) groups is 2. The van der Waals surface area contributed by atoms with E-state index in [9.17, 15) is 14.7 Å². The molecule has 0 saturated heterocycles. The maximum Gasteiger partial charge on any atom is 0.268 e. The van der Waals surface area contributed by atoms with Crippen molar-refractivity contribution >= 4 is 44.2 Å². The highest BCUT2D eigenvalue weighted by atomic mass is 79.9. The molecule has 0 aliphatic rings. The van der Waals surface area contributed by atoms with E-state index in [-0.39, 0.29) is 6.54 Å². The Morgan fingerprint density at radius 2 is 1.76 bits per heavy atom. The van der Waals surface area contributed by atoms with Gasteiger partial charge in [-0.05, 0) is 54.4 Å². The normalized spacial score (nSPS) is 13.0. The summed E-state index contributed by atoms with van der Waals surface area (Å²) < 4.78 is 0.889. The second-order valence-electron chi connectivity index (χ2n) is 6.97. The van der Waals surface area contributed by atoms with Crippen LogP contribution in [0.3, 0.4) is 0 Å². The van der Waals surface area contributed by atoms with Crippen molar-refractivity contribution in [3.8, 4) is 0 Å². The number of hydrogen-bond donors (Lipinski definition) is 2. The summed E-state index contributed by atoms with van der Waals surface area (Å²) in [5.41, 5.74) is -0.692. The van der Waals surface area contributed by atoms with Crippen LogP contribution in [0.15, 0.2) is 71.2 Å². The number of likely N-dealkylation sites (N-methyl/N-ethyl adjacent to an activating group) is 1. The average Bonchev–Trinajstić information content (AvgIpc) is 2.72. The van der Waals surface area contributed by atoms with E-state index in [0.717, 1.165) is 20.8 Å². The first-order valence-electron chi connectivity index (χ1n) is 9.39. The van der Waals surface area contributed by atoms with Crippen molar-refractivity contribution in [3.05, 3.63) is 76.8 Å². The number of aliphatic hydroxyl groups is 1. The Hall–Kier alpha value is -2.70. The van der Waals surface area contributed by atoms with Gasteiger partial charge in [0.1, 0.15) is 0 Å². The third-order valence-corrected chi connectivity index (χ3v) is 5.30. The summed E-state index contributed by atoms with van der Waals surface area (Å²) >= 11 is 3.38. The third-order valence-electron chi connectivity index (χ3n) is 4.81. The van der Waals surface area contributed by atoms with Gasteiger partial charge in [-0.3, -0.25) is 9.59 Å². The topological polar surface area (TPSA) is 69.6 Å². The second-order valence-corrected chi connectivity index (χ2v) is 7.88. The van der Waals surface area contributed by atoms with Gasteiger partial charge in [0, 0.05) is 23.2 Å². The molecule has 1 atom stereocenters. The molecule has 0 radical (unpaired) electrons. The molecule has 3 aromatic rings. The highest BCUT2D eigenvalue weighted by molar-refractivity contribution is 9.10. The summed E-state index contributed by atoms with van der Waals surface area (Å²) in [7, 11) is 0. The first-order chi connectivity index (χ1) is 13.8. The minimum absolute atomic E-state index is 0.212. The average molecular weight is 455 g/mol. The van der Waals surface area contributed by atoms with Crippen molar-refractivity contribution in [3.63, 3.8) is 0 Å². The zero-order chi connectivity index (χ0) is 21.0. The van der Waals surface area contributed by atoms with Gasteiger partial charge in [0.05, 0.1) is 0 Å². The van der Waals surface area contributed by atoms with Crippen LogP contribution in [0.5, 0.6) is 0 Å². The van der Waals surface area contributed by atoms with E-state index in [1.165, 1.54) is 11.8 Å². The largest absolute Gasteiger partial charge is 0.372 e. The van der Waals surface area contributed by atoms with Crippen LogP contribution in [0.1, 0.15) is 19.4 Å². The first kappa shape index (κ1) is 21.0. The van der Waals surface area contributed by atoms with Crippen LogP contribution in [-0.2, 0) is 16.1 Å². The molecule has 29 heavy (non-hydrogen) atoms. The molecular weight excluding hydrogens is 432 g/mol. The quantitative estimate of drug-likeness (QED) is 0.552. The smallest absolute Gasteiger partial charge is 0.268 e. The summed E-state index contributed by atoms with van der Waals surface area (Å²) in [6.45, 7) is 3.58. The van der Waals surface area contributed by atoms with Crippen molar-refractivity contribution in [2.75, 3.05) is 11.4 Å². The van der Waals surface area contributed by atoms with Gasteiger partial charge in [-0.2, -0.15) is 0 Å². The van der Waals surface area contributed by atoms with Crippen molar-refractivity contribution in [2.24, 2.45) is 0 Å². The van der Waals surface area contributed by atoms with Crippen LogP contribution in [0, 0.1) is 0 Å². The molecule has 0 aliphatic heterocycles. The minimum atomic E-state index is -2.19. The fourth-order valence-electron chi connectivity index (χ4n) is 3.15. The predicted molar refractivity (Wildman–Crippen MR) is 119 cm³/mol. The number of amides is 2. The second kappa shape index (κ2) is 8.76. The SMILES string of the molecule is CCN(C(=O)C(C)(O)C(=O)NCc1cccc(Br)c1)c1ccc2ccccc2c1. The number of nitrogens with one attached hydrogen (secondary N) is 1. The molecule has 0 aromatic heterocycles. The van der Waals surface area contributed by atoms with Gasteiger partial charge < -0.3 is 15.3 Å². The Morgan fingerprint density at radius 1 is 1.03 bits per heavy atom. The lowest BCUT2D eigenvalue weighted by molar-refractivity contribution is -0.150. The first-order valence-corrected chi connectivity index (χ1v) is 10.2. The molecule has 6 heteroatoms. The molecule has 0 saturated carbocycles. The van der Waals surface area contributed by atoms with Gasteiger partial charge in [0.25, 0.3) is 11.8 Å². The van der Waals surface area contributed by atoms with Crippen LogP contribution in [0.4, 0.5) is 5.69 Å². The molecule has 3 rings (SSSR count). The molecule has 3 aromatic carbocycles. The Kier molecular flexibility index (Phi) is 6.35. The summed E-state index contributed by atoms with van der Waals surface area (Å²) in [5.74, 6) is -1.40. The summed E-state index contributed by atoms with van der Waals surface area (Å²) in [5, 5.41) is 15.4. The molecule has 5 nitrogen and oxygen atoms in total. The standard InChI is InChI=1S/C23H23BrN2O3/c1-3-26(20-12-11-17-8-4-5-9-18(17)14-20)22(28)23(2,29)21(27)25-15-16-7-6-10-19(24)13-16/h4-14,29H,3,15H2,1-2H3,(H,25,27). The van der Waals surface area contributed by atoms with E-state index in [4.69, 9.17) is 0 Å². The molecular formula is C23H23BrN2O3. The van der Waals surface area contributed by atoms with E-state index >= 15 is 0 Å². The van der Waals surface area contributed by atoms with E-state index < -0.39 is 17.4 Å². The van der Waals surface area contributed by atoms with Crippen LogP contribution in [-0.4, -0.2) is 29.1 Å². The van der Waals surface area contributed by atoms with E-state index in [1.54, 1.807) is 0 Å². The van der Waals surface area contributed by atoms with Gasteiger partial charge in [-0.15, -0.1) is 0 Å². The highest BCUT2D eigenvalue weighted by Gasteiger charge is 2.41. The molecule has 1 unspecified atom stereocenters. The van der Waals surface area contributed by atoms with Gasteiger partial charge in [0.2, 0.25) is 5.60 Å². The number of fused-ring (bicyclic) bond motifs is 1. The molecule has 0 spiro atoms. The molecule has 150 valence electrons. The number of anilines is 1. The van der Waals surface area contributed by atoms with Crippen molar-refractivity contribution < 1.29 is 14.7 Å². The molecule has 0 bridgehead atoms. The van der Waals surface area contributed by atoms with E-state index in [0.29, 0.717) is 12.2 Å². The summed E-state index contributed by atoms with van der Waals surface area (Å²) in [6, 6.07) is 20.9. The Morgan fingerprint density at radius 3 is 2.45 bits per heavy atom. The predicted octanol–water partition coefficient (Wildman–Crippen LogP) is 4.02. The Bertz CT molecular complexity index is 1050. The van der Waals surface area contributed by atoms with Gasteiger partial charge in [0.15, 0.2) is 0 Å². The number of nitrogens with zero attached hydrogens (tertiary/aromatic N) is 1. The minimum Gasteiger partial charge on any atom is -0.372 e. The monoisotopic (exact) mass is 454 g/mol. The van der Waals surface area contributed by atoms with Gasteiger partial charge in [-0.25, -0.2) is 0 Å². The van der Waals surface area contributed by atoms with E-state index in [2.05, 4.69) is 21.2 Å². The number of carbonyl (C=O) groups excluding carboxylic acids is 2. The van der Waals surface area contributed by atoms with Crippen molar-refractivity contribution in [1.82, 2.24) is 5.32 Å². The van der Waals surface area contributed by atoms with Crippen molar-refractivity contribution in [2.45, 2.75) is 26.0 Å². The van der Waals surface area contributed by atoms with Crippen LogP contribution < -0.4 is 10.2 Å². The molecule has 2 N–H and O–H groups in total. The number of halogens is 1. The zero-order valence-electron chi connectivity index (χ0n) is 16.4. The Labute approximate surface area is 178 Å². The molecule has 0 fully saturated rings. The zero-order valence-corrected chi connectivity index (χ0v) is 17.9. The number of benzene rings is 3. The van der Waals surface area contributed by atoms with Crippen molar-refractivity contribution in [1.29, 1.82) is 0 Å². The summed E-state index contributed by atoms with van der Waals surface area (Å²) in [6.07, 6.45) is 0. The number of rotatable bonds is 6. The Balaban J connectivity index is 1.77. The maximum absolute atomic E-state index is 13.0. The molecule has 0 aliphatic carbocycles. The van der Waals surface area contributed by atoms with E-state index in [1.807, 2.05) is 73.7 Å². The fourth-order valence-corrected chi connectivity index (χ4v) is 3.60. The lowest BCUT2D eigenvalue weighted by Gasteiger charge is -2.29. The lowest BCUT2D eigenvalue weighted by Crippen LogP contribution is -2.56. The highest BCUT2D eigenvalue weighted by Crippen LogP contribution is 2.24. The number of hydrogen-bond acceptors (Lipinski definition) is 3. The van der Waals surface area contributed by atoms with Gasteiger partial charge in [-0.1, -0.05) is 58.4 Å². The molecule has 2 amide bonds. The van der Waals surface area contributed by atoms with Gasteiger partial charge >= 0.3 is 0 Å². The van der Waals surface area contributed by atoms with Crippen LogP contribution >= 0.6 is 15.9 Å².